The summed E-state index contributed by atoms with van der Waals surface area (Å²) in [6.45, 7) is 1.51. The summed E-state index contributed by atoms with van der Waals surface area (Å²) in [5.41, 5.74) is 0. The summed E-state index contributed by atoms with van der Waals surface area (Å²) >= 11 is 0. The molecule has 1 rings (SSSR count). The van der Waals surface area contributed by atoms with Gasteiger partial charge in [0.2, 0.25) is 0 Å². The lowest BCUT2D eigenvalue weighted by Crippen LogP contribution is -1.94. The third-order valence-corrected chi connectivity index (χ3v) is 1.35. The number of Topliss-reactive ketones (excluding diaryl/α,β-unsaturated/α-hetero) is 1. The van der Waals surface area contributed by atoms with Crippen LogP contribution in [0.1, 0.15) is 18.6 Å². The van der Waals surface area contributed by atoms with E-state index < -0.39 is 0 Å². The van der Waals surface area contributed by atoms with Gasteiger partial charge in [-0.2, -0.15) is 0 Å². The van der Waals surface area contributed by atoms with Gasteiger partial charge in [-0.3, -0.25) is 4.79 Å². The molecule has 0 radical (unpaired) electrons. The molecule has 0 aromatic carbocycles. The number of oxazole rings is 1. The highest BCUT2D eigenvalue weighted by molar-refractivity contribution is 5.77. The smallest absolute Gasteiger partial charge is 0.196 e. The Balaban J connectivity index is 2.58. The van der Waals surface area contributed by atoms with Gasteiger partial charge in [0.1, 0.15) is 11.5 Å². The van der Waals surface area contributed by atoms with Crippen LogP contribution < -0.4 is 0 Å². The first-order valence-electron chi connectivity index (χ1n) is 3.76. The van der Waals surface area contributed by atoms with E-state index in [-0.39, 0.29) is 18.8 Å². The van der Waals surface area contributed by atoms with Gasteiger partial charge in [-0.25, -0.2) is 4.98 Å². The molecule has 1 aromatic rings. The summed E-state index contributed by atoms with van der Waals surface area (Å²) in [6, 6.07) is 0. The van der Waals surface area contributed by atoms with Crippen molar-refractivity contribution in [3.8, 4) is 0 Å². The first-order valence-corrected chi connectivity index (χ1v) is 3.76. The molecule has 0 amide bonds. The van der Waals surface area contributed by atoms with Crippen LogP contribution in [0.3, 0.4) is 0 Å². The highest BCUT2D eigenvalue weighted by Crippen LogP contribution is 2.04. The monoisotopic (exact) mass is 169 g/mol. The minimum Gasteiger partial charge on any atom is -0.445 e. The number of carbonyl (C=O) groups is 1. The van der Waals surface area contributed by atoms with Crippen LogP contribution in [0.25, 0.3) is 0 Å². The number of aromatic nitrogens is 1. The van der Waals surface area contributed by atoms with E-state index in [2.05, 4.69) is 4.98 Å². The molecule has 0 aliphatic rings. The Labute approximate surface area is 70.2 Å². The summed E-state index contributed by atoms with van der Waals surface area (Å²) in [5, 5.41) is 8.54. The Morgan fingerprint density at radius 2 is 2.50 bits per heavy atom. The van der Waals surface area contributed by atoms with Crippen LogP contribution in [-0.4, -0.2) is 22.5 Å². The molecule has 1 N–H and O–H groups in total. The molecule has 0 spiro atoms. The summed E-state index contributed by atoms with van der Waals surface area (Å²) in [4.78, 5) is 14.5. The molecule has 0 saturated heterocycles. The fourth-order valence-corrected chi connectivity index (χ4v) is 0.886. The Bertz CT molecular complexity index is 267. The zero-order valence-corrected chi connectivity index (χ0v) is 6.91. The SMILES string of the molecule is CC(=O)Cc1cnc(CCO)o1. The van der Waals surface area contributed by atoms with Crippen LogP contribution in [-0.2, 0) is 17.6 Å². The Hall–Kier alpha value is -1.16. The predicted octanol–water partition coefficient (Wildman–Crippen LogP) is 0.341. The highest BCUT2D eigenvalue weighted by atomic mass is 16.4. The Morgan fingerprint density at radius 1 is 1.75 bits per heavy atom. The number of nitrogens with zero attached hydrogens (tertiary/aromatic N) is 1. The maximum absolute atomic E-state index is 10.6. The van der Waals surface area contributed by atoms with E-state index in [4.69, 9.17) is 9.52 Å². The fourth-order valence-electron chi connectivity index (χ4n) is 0.886. The number of ketones is 1. The second kappa shape index (κ2) is 4.01. The van der Waals surface area contributed by atoms with E-state index in [1.165, 1.54) is 13.1 Å². The third-order valence-electron chi connectivity index (χ3n) is 1.35. The average molecular weight is 169 g/mol. The number of aliphatic hydroxyl groups excluding tert-OH is 1. The molecule has 1 aromatic heterocycles. The van der Waals surface area contributed by atoms with E-state index in [9.17, 15) is 4.79 Å². The summed E-state index contributed by atoms with van der Waals surface area (Å²) in [7, 11) is 0. The lowest BCUT2D eigenvalue weighted by atomic mass is 10.3. The summed E-state index contributed by atoms with van der Waals surface area (Å²) in [6.07, 6.45) is 2.20. The van der Waals surface area contributed by atoms with Crippen LogP contribution in [0.5, 0.6) is 0 Å². The number of rotatable bonds is 4. The topological polar surface area (TPSA) is 63.3 Å². The molecule has 4 nitrogen and oxygen atoms in total. The van der Waals surface area contributed by atoms with Crippen molar-refractivity contribution in [2.75, 3.05) is 6.61 Å². The summed E-state index contributed by atoms with van der Waals surface area (Å²) in [5.74, 6) is 1.08. The third kappa shape index (κ3) is 2.47. The lowest BCUT2D eigenvalue weighted by molar-refractivity contribution is -0.116. The molecule has 12 heavy (non-hydrogen) atoms. The normalized spacial score (nSPS) is 10.2. The Kier molecular flexibility index (Phi) is 2.99. The highest BCUT2D eigenvalue weighted by Gasteiger charge is 2.04. The molecule has 66 valence electrons. The standard InChI is InChI=1S/C8H11NO3/c1-6(11)4-7-5-9-8(12-7)2-3-10/h5,10H,2-4H2,1H3. The first kappa shape index (κ1) is 8.93. The maximum atomic E-state index is 10.6. The zero-order chi connectivity index (χ0) is 8.97. The van der Waals surface area contributed by atoms with Crippen LogP contribution in [0.4, 0.5) is 0 Å². The second-order valence-corrected chi connectivity index (χ2v) is 2.57. The molecule has 4 heteroatoms. The van der Waals surface area contributed by atoms with E-state index in [0.29, 0.717) is 18.1 Å². The van der Waals surface area contributed by atoms with Gasteiger partial charge in [-0.15, -0.1) is 0 Å². The quantitative estimate of drug-likeness (QED) is 0.706. The van der Waals surface area contributed by atoms with Gasteiger partial charge in [-0.1, -0.05) is 0 Å². The molecule has 0 fully saturated rings. The van der Waals surface area contributed by atoms with Crippen LogP contribution in [0, 0.1) is 0 Å². The van der Waals surface area contributed by atoms with Gasteiger partial charge < -0.3 is 9.52 Å². The summed E-state index contributed by atoms with van der Waals surface area (Å²) < 4.78 is 5.14. The van der Waals surface area contributed by atoms with Crippen molar-refractivity contribution in [3.63, 3.8) is 0 Å². The van der Waals surface area contributed by atoms with E-state index in [1.54, 1.807) is 0 Å². The Morgan fingerprint density at radius 3 is 3.08 bits per heavy atom. The number of hydrogen-bond acceptors (Lipinski definition) is 4. The molecule has 0 atom stereocenters. The van der Waals surface area contributed by atoms with Gasteiger partial charge in [0.25, 0.3) is 0 Å². The van der Waals surface area contributed by atoms with Crippen molar-refractivity contribution in [2.24, 2.45) is 0 Å². The van der Waals surface area contributed by atoms with Gasteiger partial charge in [0.15, 0.2) is 5.89 Å². The predicted molar refractivity (Wildman–Crippen MR) is 41.7 cm³/mol. The number of hydrogen-bond donors (Lipinski definition) is 1. The largest absolute Gasteiger partial charge is 0.445 e. The van der Waals surface area contributed by atoms with Crippen molar-refractivity contribution in [1.29, 1.82) is 0 Å². The first-order chi connectivity index (χ1) is 5.72. The van der Waals surface area contributed by atoms with Crippen molar-refractivity contribution < 1.29 is 14.3 Å². The van der Waals surface area contributed by atoms with Crippen molar-refractivity contribution in [3.05, 3.63) is 17.8 Å². The van der Waals surface area contributed by atoms with Gasteiger partial charge in [0, 0.05) is 6.42 Å². The lowest BCUT2D eigenvalue weighted by Gasteiger charge is -1.89. The van der Waals surface area contributed by atoms with Gasteiger partial charge in [-0.05, 0) is 6.92 Å². The molecule has 0 bridgehead atoms. The number of carbonyl (C=O) groups excluding carboxylic acids is 1. The molecule has 0 aliphatic heterocycles. The zero-order valence-electron chi connectivity index (χ0n) is 6.91. The van der Waals surface area contributed by atoms with Crippen LogP contribution in [0.2, 0.25) is 0 Å². The number of aliphatic hydroxyl groups is 1. The molecule has 0 saturated carbocycles. The molecule has 1 heterocycles. The molecule has 0 unspecified atom stereocenters. The van der Waals surface area contributed by atoms with Crippen LogP contribution >= 0.6 is 0 Å². The van der Waals surface area contributed by atoms with Crippen molar-refractivity contribution in [2.45, 2.75) is 19.8 Å². The van der Waals surface area contributed by atoms with Gasteiger partial charge >= 0.3 is 0 Å². The fraction of sp³-hybridized carbons (Fsp3) is 0.500. The second-order valence-electron chi connectivity index (χ2n) is 2.57. The van der Waals surface area contributed by atoms with Crippen molar-refractivity contribution in [1.82, 2.24) is 4.98 Å². The molecule has 0 aliphatic carbocycles. The van der Waals surface area contributed by atoms with E-state index in [1.807, 2.05) is 0 Å². The molecular formula is C8H11NO3. The van der Waals surface area contributed by atoms with Crippen molar-refractivity contribution >= 4 is 5.78 Å². The van der Waals surface area contributed by atoms with E-state index >= 15 is 0 Å². The van der Waals surface area contributed by atoms with Gasteiger partial charge in [0.05, 0.1) is 19.2 Å². The van der Waals surface area contributed by atoms with E-state index in [0.717, 1.165) is 0 Å². The maximum Gasteiger partial charge on any atom is 0.196 e. The minimum absolute atomic E-state index is 0.0139. The minimum atomic E-state index is 0.0139. The van der Waals surface area contributed by atoms with Crippen LogP contribution in [0.15, 0.2) is 10.6 Å². The average Bonchev–Trinajstić information content (AvgIpc) is 2.36. The molecular weight excluding hydrogens is 158 g/mol.